The van der Waals surface area contributed by atoms with Crippen LogP contribution in [0.3, 0.4) is 0 Å². The molecule has 0 aliphatic carbocycles. The summed E-state index contributed by atoms with van der Waals surface area (Å²) in [7, 11) is 0. The fourth-order valence-corrected chi connectivity index (χ4v) is 1.16. The largest absolute Gasteiger partial charge is 0.394 e. The summed E-state index contributed by atoms with van der Waals surface area (Å²) in [5, 5.41) is 17.5. The molecule has 1 saturated heterocycles. The maximum atomic E-state index is 8.99. The third-order valence-electron chi connectivity index (χ3n) is 1.36. The van der Waals surface area contributed by atoms with Crippen molar-refractivity contribution in [1.29, 1.82) is 0 Å². The molecular weight excluding hydrogens is 144 g/mol. The van der Waals surface area contributed by atoms with Gasteiger partial charge in [-0.3, -0.25) is 0 Å². The van der Waals surface area contributed by atoms with E-state index in [1.807, 2.05) is 0 Å². The molecular formula is C5H9ClO3. The third kappa shape index (κ3) is 1.55. The minimum atomic E-state index is -0.600. The lowest BCUT2D eigenvalue weighted by atomic mass is 10.2. The van der Waals surface area contributed by atoms with Gasteiger partial charge in [-0.1, -0.05) is 11.6 Å². The van der Waals surface area contributed by atoms with Crippen molar-refractivity contribution in [3.05, 3.63) is 0 Å². The maximum Gasteiger partial charge on any atom is 0.134 e. The van der Waals surface area contributed by atoms with Crippen LogP contribution >= 0.6 is 11.6 Å². The first-order valence-electron chi connectivity index (χ1n) is 2.82. The highest BCUT2D eigenvalue weighted by Gasteiger charge is 2.31. The average molecular weight is 153 g/mol. The Morgan fingerprint density at radius 3 is 2.56 bits per heavy atom. The molecule has 1 heterocycles. The van der Waals surface area contributed by atoms with E-state index in [4.69, 9.17) is 26.6 Å². The molecule has 1 unspecified atom stereocenters. The van der Waals surface area contributed by atoms with Gasteiger partial charge in [-0.2, -0.15) is 0 Å². The van der Waals surface area contributed by atoms with Crippen LogP contribution in [0.4, 0.5) is 0 Å². The van der Waals surface area contributed by atoms with Crippen LogP contribution in [0.25, 0.3) is 0 Å². The summed E-state index contributed by atoms with van der Waals surface area (Å²) < 4.78 is 4.89. The number of ether oxygens (including phenoxy) is 1. The summed E-state index contributed by atoms with van der Waals surface area (Å²) in [4.78, 5) is 0. The Bertz CT molecular complexity index is 98.2. The molecule has 0 saturated carbocycles. The molecule has 0 amide bonds. The fourth-order valence-electron chi connectivity index (χ4n) is 0.842. The summed E-state index contributed by atoms with van der Waals surface area (Å²) in [5.74, 6) is 0. The highest BCUT2D eigenvalue weighted by atomic mass is 35.5. The van der Waals surface area contributed by atoms with Crippen LogP contribution in [0, 0.1) is 0 Å². The van der Waals surface area contributed by atoms with Gasteiger partial charge in [0.1, 0.15) is 11.7 Å². The zero-order chi connectivity index (χ0) is 6.85. The Morgan fingerprint density at radius 2 is 2.33 bits per heavy atom. The average Bonchev–Trinajstić information content (AvgIpc) is 2.10. The fraction of sp³-hybridized carbons (Fsp3) is 1.00. The Hall–Kier alpha value is 0.170. The Morgan fingerprint density at radius 1 is 1.67 bits per heavy atom. The quantitative estimate of drug-likeness (QED) is 0.507. The number of hydrogen-bond acceptors (Lipinski definition) is 3. The maximum absolute atomic E-state index is 8.99. The zero-order valence-electron chi connectivity index (χ0n) is 4.83. The second kappa shape index (κ2) is 2.84. The van der Waals surface area contributed by atoms with Crippen molar-refractivity contribution < 1.29 is 14.9 Å². The van der Waals surface area contributed by atoms with E-state index in [0.717, 1.165) is 0 Å². The molecule has 0 spiro atoms. The van der Waals surface area contributed by atoms with E-state index in [1.165, 1.54) is 0 Å². The van der Waals surface area contributed by atoms with E-state index in [2.05, 4.69) is 0 Å². The van der Waals surface area contributed by atoms with E-state index >= 15 is 0 Å². The first-order valence-corrected chi connectivity index (χ1v) is 3.26. The van der Waals surface area contributed by atoms with Gasteiger partial charge >= 0.3 is 0 Å². The lowest BCUT2D eigenvalue weighted by Crippen LogP contribution is -2.24. The standard InChI is InChI=1S/C5H9ClO3/c6-5-1-3(8)4(2-7)9-5/h3-5,7-8H,1-2H2/t3-,4+,5?/m0/s1. The first kappa shape index (κ1) is 7.28. The molecule has 3 nitrogen and oxygen atoms in total. The third-order valence-corrected chi connectivity index (χ3v) is 1.64. The Balaban J connectivity index is 2.38. The molecule has 0 aromatic carbocycles. The van der Waals surface area contributed by atoms with E-state index < -0.39 is 17.8 Å². The van der Waals surface area contributed by atoms with Crippen LogP contribution in [0.15, 0.2) is 0 Å². The summed E-state index contributed by atoms with van der Waals surface area (Å²) in [6.45, 7) is -0.162. The molecule has 0 radical (unpaired) electrons. The number of rotatable bonds is 1. The summed E-state index contributed by atoms with van der Waals surface area (Å²) in [5.41, 5.74) is -0.433. The monoisotopic (exact) mass is 152 g/mol. The molecule has 0 bridgehead atoms. The van der Waals surface area contributed by atoms with Crippen molar-refractivity contribution in [2.45, 2.75) is 24.2 Å². The number of hydrogen-bond donors (Lipinski definition) is 2. The van der Waals surface area contributed by atoms with Crippen molar-refractivity contribution >= 4 is 11.6 Å². The normalized spacial score (nSPS) is 43.7. The number of halogens is 1. The van der Waals surface area contributed by atoms with E-state index in [-0.39, 0.29) is 6.61 Å². The van der Waals surface area contributed by atoms with Crippen molar-refractivity contribution in [1.82, 2.24) is 0 Å². The molecule has 1 aliphatic heterocycles. The van der Waals surface area contributed by atoms with Crippen LogP contribution in [0.2, 0.25) is 0 Å². The molecule has 54 valence electrons. The lowest BCUT2D eigenvalue weighted by Gasteiger charge is -2.08. The number of aliphatic hydroxyl groups is 2. The minimum absolute atomic E-state index is 0.162. The van der Waals surface area contributed by atoms with Crippen molar-refractivity contribution in [3.8, 4) is 0 Å². The van der Waals surface area contributed by atoms with Gasteiger partial charge in [-0.25, -0.2) is 0 Å². The van der Waals surface area contributed by atoms with E-state index in [9.17, 15) is 0 Å². The zero-order valence-corrected chi connectivity index (χ0v) is 5.58. The molecule has 1 rings (SSSR count). The van der Waals surface area contributed by atoms with Crippen LogP contribution in [-0.4, -0.2) is 34.6 Å². The topological polar surface area (TPSA) is 49.7 Å². The first-order chi connectivity index (χ1) is 4.24. The summed E-state index contributed by atoms with van der Waals surface area (Å²) >= 11 is 5.49. The molecule has 2 N–H and O–H groups in total. The molecule has 0 aromatic heterocycles. The van der Waals surface area contributed by atoms with Gasteiger partial charge in [0.25, 0.3) is 0 Å². The second-order valence-corrected chi connectivity index (χ2v) is 2.56. The second-order valence-electron chi connectivity index (χ2n) is 2.07. The summed E-state index contributed by atoms with van der Waals surface area (Å²) in [6.07, 6.45) is -0.669. The number of aliphatic hydroxyl groups excluding tert-OH is 2. The van der Waals surface area contributed by atoms with Crippen molar-refractivity contribution in [3.63, 3.8) is 0 Å². The smallest absolute Gasteiger partial charge is 0.134 e. The summed E-state index contributed by atoms with van der Waals surface area (Å²) in [6, 6.07) is 0. The van der Waals surface area contributed by atoms with Crippen molar-refractivity contribution in [2.24, 2.45) is 0 Å². The molecule has 4 heteroatoms. The highest BCUT2D eigenvalue weighted by molar-refractivity contribution is 6.19. The predicted molar refractivity (Wildman–Crippen MR) is 32.2 cm³/mol. The molecule has 3 atom stereocenters. The van der Waals surface area contributed by atoms with Gasteiger partial charge in [0.15, 0.2) is 0 Å². The van der Waals surface area contributed by atoms with Crippen LogP contribution in [0.5, 0.6) is 0 Å². The van der Waals surface area contributed by atoms with E-state index in [0.29, 0.717) is 6.42 Å². The van der Waals surface area contributed by atoms with Gasteiger partial charge in [-0.15, -0.1) is 0 Å². The molecule has 9 heavy (non-hydrogen) atoms. The van der Waals surface area contributed by atoms with E-state index in [1.54, 1.807) is 0 Å². The van der Waals surface area contributed by atoms with Crippen LogP contribution < -0.4 is 0 Å². The number of alkyl halides is 1. The van der Waals surface area contributed by atoms with Crippen molar-refractivity contribution in [2.75, 3.05) is 6.61 Å². The Labute approximate surface area is 58.2 Å². The highest BCUT2D eigenvalue weighted by Crippen LogP contribution is 2.22. The van der Waals surface area contributed by atoms with Gasteiger partial charge in [-0.05, 0) is 0 Å². The molecule has 1 fully saturated rings. The van der Waals surface area contributed by atoms with Gasteiger partial charge < -0.3 is 14.9 Å². The van der Waals surface area contributed by atoms with Gasteiger partial charge in [0, 0.05) is 6.42 Å². The van der Waals surface area contributed by atoms with Gasteiger partial charge in [0.05, 0.1) is 12.7 Å². The predicted octanol–water partition coefficient (Wildman–Crippen LogP) is -0.307. The molecule has 0 aromatic rings. The molecule has 1 aliphatic rings. The Kier molecular flexibility index (Phi) is 2.29. The lowest BCUT2D eigenvalue weighted by molar-refractivity contribution is -0.00394. The van der Waals surface area contributed by atoms with Gasteiger partial charge in [0.2, 0.25) is 0 Å². The minimum Gasteiger partial charge on any atom is -0.394 e. The van der Waals surface area contributed by atoms with Crippen LogP contribution in [0.1, 0.15) is 6.42 Å². The SMILES string of the molecule is OC[C@H]1OC(Cl)C[C@@H]1O. The van der Waals surface area contributed by atoms with Crippen LogP contribution in [-0.2, 0) is 4.74 Å².